The third kappa shape index (κ3) is 3.60. The van der Waals surface area contributed by atoms with Gasteiger partial charge in [0.1, 0.15) is 23.5 Å². The van der Waals surface area contributed by atoms with Gasteiger partial charge in [0.15, 0.2) is 0 Å². The van der Waals surface area contributed by atoms with E-state index < -0.39 is 0 Å². The molecule has 0 aliphatic carbocycles. The van der Waals surface area contributed by atoms with Gasteiger partial charge in [0.05, 0.1) is 23.8 Å². The zero-order valence-electron chi connectivity index (χ0n) is 16.9. The zero-order chi connectivity index (χ0) is 21.3. The number of amides is 1. The van der Waals surface area contributed by atoms with Crippen molar-refractivity contribution in [3.8, 4) is 11.8 Å². The van der Waals surface area contributed by atoms with E-state index in [1.807, 2.05) is 13.8 Å². The summed E-state index contributed by atoms with van der Waals surface area (Å²) < 4.78 is 15.6. The Balaban J connectivity index is 1.62. The minimum absolute atomic E-state index is 0.0691. The van der Waals surface area contributed by atoms with Crippen LogP contribution in [0.5, 0.6) is 0 Å². The number of H-pyrrole nitrogens is 1. The fraction of sp³-hybridized carbons (Fsp3) is 0.318. The highest BCUT2D eigenvalue weighted by molar-refractivity contribution is 5.93. The van der Waals surface area contributed by atoms with Crippen LogP contribution in [-0.2, 0) is 4.79 Å². The molecule has 3 heterocycles. The summed E-state index contributed by atoms with van der Waals surface area (Å²) in [7, 11) is 0. The van der Waals surface area contributed by atoms with Crippen molar-refractivity contribution >= 4 is 11.7 Å². The van der Waals surface area contributed by atoms with E-state index >= 15 is 0 Å². The molecule has 154 valence electrons. The Bertz CT molecular complexity index is 1110. The van der Waals surface area contributed by atoms with Gasteiger partial charge in [-0.2, -0.15) is 5.26 Å². The van der Waals surface area contributed by atoms with Crippen molar-refractivity contribution in [2.45, 2.75) is 32.7 Å². The summed E-state index contributed by atoms with van der Waals surface area (Å²) in [6, 6.07) is 8.35. The summed E-state index contributed by atoms with van der Waals surface area (Å²) in [6.07, 6.45) is 5.41. The Morgan fingerprint density at radius 1 is 1.43 bits per heavy atom. The average Bonchev–Trinajstić information content (AvgIpc) is 3.43. The number of carbonyl (C=O) groups is 1. The zero-order valence-corrected chi connectivity index (χ0v) is 16.9. The molecule has 30 heavy (non-hydrogen) atoms. The SMILES string of the molecule is Cc1c(C#N)c(NC(=O)CN2CCCC2c2ncc[nH]2)n(-c2cccc(F)c2)c1C. The minimum Gasteiger partial charge on any atom is -0.347 e. The molecule has 1 fully saturated rings. The molecule has 1 atom stereocenters. The molecule has 1 aliphatic heterocycles. The standard InChI is InChI=1S/C22H23FN6O/c1-14-15(2)29(17-6-3-5-16(23)11-17)22(18(14)12-24)27-20(30)13-28-10-4-7-19(28)21-25-8-9-26-21/h3,5-6,8-9,11,19H,4,7,10,13H2,1-2H3,(H,25,26)(H,27,30). The van der Waals surface area contributed by atoms with Crippen LogP contribution in [-0.4, -0.2) is 38.4 Å². The van der Waals surface area contributed by atoms with E-state index in [9.17, 15) is 14.4 Å². The summed E-state index contributed by atoms with van der Waals surface area (Å²) in [5, 5.41) is 12.6. The van der Waals surface area contributed by atoms with E-state index in [0.29, 0.717) is 17.1 Å². The molecule has 3 aromatic rings. The van der Waals surface area contributed by atoms with Crippen molar-refractivity contribution in [3.63, 3.8) is 0 Å². The van der Waals surface area contributed by atoms with Crippen LogP contribution in [0.1, 0.15) is 41.5 Å². The Hall–Kier alpha value is -3.44. The number of rotatable bonds is 5. The van der Waals surface area contributed by atoms with Gasteiger partial charge in [-0.15, -0.1) is 0 Å². The van der Waals surface area contributed by atoms with Crippen LogP contribution in [0.4, 0.5) is 10.2 Å². The fourth-order valence-electron chi connectivity index (χ4n) is 4.14. The summed E-state index contributed by atoms with van der Waals surface area (Å²) in [5.41, 5.74) is 2.48. The van der Waals surface area contributed by atoms with Crippen LogP contribution in [0.3, 0.4) is 0 Å². The molecule has 7 nitrogen and oxygen atoms in total. The van der Waals surface area contributed by atoms with Crippen molar-refractivity contribution in [1.29, 1.82) is 5.26 Å². The summed E-state index contributed by atoms with van der Waals surface area (Å²) in [4.78, 5) is 22.5. The molecule has 4 rings (SSSR count). The number of imidazole rings is 1. The number of nitrogens with zero attached hydrogens (tertiary/aromatic N) is 4. The van der Waals surface area contributed by atoms with Crippen LogP contribution in [0, 0.1) is 31.0 Å². The van der Waals surface area contributed by atoms with Gasteiger partial charge >= 0.3 is 0 Å². The number of hydrogen-bond acceptors (Lipinski definition) is 4. The van der Waals surface area contributed by atoms with E-state index in [0.717, 1.165) is 36.5 Å². The molecule has 1 unspecified atom stereocenters. The third-order valence-corrected chi connectivity index (χ3v) is 5.69. The summed E-state index contributed by atoms with van der Waals surface area (Å²) in [5.74, 6) is 0.622. The van der Waals surface area contributed by atoms with E-state index in [1.165, 1.54) is 12.1 Å². The molecule has 2 N–H and O–H groups in total. The quantitative estimate of drug-likeness (QED) is 0.677. The molecule has 0 spiro atoms. The third-order valence-electron chi connectivity index (χ3n) is 5.69. The molecule has 0 bridgehead atoms. The van der Waals surface area contributed by atoms with Crippen molar-refractivity contribution in [2.24, 2.45) is 0 Å². The lowest BCUT2D eigenvalue weighted by Crippen LogP contribution is -2.33. The number of nitriles is 1. The summed E-state index contributed by atoms with van der Waals surface area (Å²) in [6.45, 7) is 4.66. The van der Waals surface area contributed by atoms with Gasteiger partial charge in [-0.3, -0.25) is 14.3 Å². The first-order valence-electron chi connectivity index (χ1n) is 9.90. The molecule has 2 aromatic heterocycles. The van der Waals surface area contributed by atoms with Gasteiger partial charge in [-0.1, -0.05) is 6.07 Å². The summed E-state index contributed by atoms with van der Waals surface area (Å²) >= 11 is 0. The van der Waals surface area contributed by atoms with Crippen molar-refractivity contribution < 1.29 is 9.18 Å². The minimum atomic E-state index is -0.382. The number of benzene rings is 1. The lowest BCUT2D eigenvalue weighted by Gasteiger charge is -2.22. The van der Waals surface area contributed by atoms with Gasteiger partial charge in [0.2, 0.25) is 5.91 Å². The van der Waals surface area contributed by atoms with Gasteiger partial charge in [-0.25, -0.2) is 9.37 Å². The predicted molar refractivity (Wildman–Crippen MR) is 111 cm³/mol. The Labute approximate surface area is 174 Å². The highest BCUT2D eigenvalue weighted by Crippen LogP contribution is 2.32. The molecule has 1 aromatic carbocycles. The van der Waals surface area contributed by atoms with Gasteiger partial charge < -0.3 is 10.3 Å². The molecular weight excluding hydrogens is 383 g/mol. The first-order valence-corrected chi connectivity index (χ1v) is 9.90. The van der Waals surface area contributed by atoms with Crippen molar-refractivity contribution in [3.05, 3.63) is 65.1 Å². The van der Waals surface area contributed by atoms with Crippen molar-refractivity contribution in [1.82, 2.24) is 19.4 Å². The topological polar surface area (TPSA) is 89.7 Å². The van der Waals surface area contributed by atoms with E-state index in [-0.39, 0.29) is 24.3 Å². The predicted octanol–water partition coefficient (Wildman–Crippen LogP) is 3.60. The molecule has 0 saturated carbocycles. The number of aromatic nitrogens is 3. The largest absolute Gasteiger partial charge is 0.347 e. The number of carbonyl (C=O) groups excluding carboxylic acids is 1. The molecule has 0 radical (unpaired) electrons. The molecule has 1 aliphatic rings. The molecule has 8 heteroatoms. The highest BCUT2D eigenvalue weighted by Gasteiger charge is 2.30. The van der Waals surface area contributed by atoms with Gasteiger partial charge in [-0.05, 0) is 57.0 Å². The maximum Gasteiger partial charge on any atom is 0.239 e. The second-order valence-corrected chi connectivity index (χ2v) is 7.51. The van der Waals surface area contributed by atoms with Crippen molar-refractivity contribution in [2.75, 3.05) is 18.4 Å². The maximum absolute atomic E-state index is 13.8. The number of aromatic amines is 1. The van der Waals surface area contributed by atoms with Crippen LogP contribution >= 0.6 is 0 Å². The lowest BCUT2D eigenvalue weighted by molar-refractivity contribution is -0.117. The van der Waals surface area contributed by atoms with Crippen LogP contribution < -0.4 is 5.32 Å². The monoisotopic (exact) mass is 406 g/mol. The second-order valence-electron chi connectivity index (χ2n) is 7.51. The normalized spacial score (nSPS) is 16.5. The fourth-order valence-corrected chi connectivity index (χ4v) is 4.14. The maximum atomic E-state index is 13.8. The molecule has 1 saturated heterocycles. The van der Waals surface area contributed by atoms with Crippen LogP contribution in [0.2, 0.25) is 0 Å². The Morgan fingerprint density at radius 2 is 2.27 bits per heavy atom. The lowest BCUT2D eigenvalue weighted by atomic mass is 10.2. The van der Waals surface area contributed by atoms with E-state index in [2.05, 4.69) is 26.3 Å². The van der Waals surface area contributed by atoms with Gasteiger partial charge in [0.25, 0.3) is 0 Å². The van der Waals surface area contributed by atoms with Crippen LogP contribution in [0.25, 0.3) is 5.69 Å². The number of likely N-dealkylation sites (tertiary alicyclic amines) is 1. The first kappa shape index (κ1) is 19.9. The molecule has 1 amide bonds. The highest BCUT2D eigenvalue weighted by atomic mass is 19.1. The smallest absolute Gasteiger partial charge is 0.239 e. The molecular formula is C22H23FN6O. The number of anilines is 1. The number of halogens is 1. The van der Waals surface area contributed by atoms with E-state index in [1.54, 1.807) is 29.1 Å². The number of hydrogen-bond donors (Lipinski definition) is 2. The Morgan fingerprint density at radius 3 is 2.97 bits per heavy atom. The van der Waals surface area contributed by atoms with Crippen LogP contribution in [0.15, 0.2) is 36.7 Å². The average molecular weight is 406 g/mol. The Kier molecular flexibility index (Phi) is 5.38. The second kappa shape index (κ2) is 8.13. The number of nitrogens with one attached hydrogen (secondary N) is 2. The first-order chi connectivity index (χ1) is 14.5. The van der Waals surface area contributed by atoms with E-state index in [4.69, 9.17) is 0 Å². The van der Waals surface area contributed by atoms with Gasteiger partial charge in [0, 0.05) is 18.1 Å².